The van der Waals surface area contributed by atoms with Crippen LogP contribution in [0.5, 0.6) is 0 Å². The zero-order chi connectivity index (χ0) is 16.3. The van der Waals surface area contributed by atoms with Gasteiger partial charge in [-0.1, -0.05) is 38.8 Å². The van der Waals surface area contributed by atoms with E-state index in [4.69, 9.17) is 0 Å². The maximum Gasteiger partial charge on any atom is 0.416 e. The molecule has 1 fully saturated rings. The second-order valence-corrected chi connectivity index (χ2v) is 6.31. The zero-order valence-electron chi connectivity index (χ0n) is 12.9. The Balaban J connectivity index is 1.92. The standard InChI is InChI=1S/C17H22F3NO/c1-11-4-3-5-15(12(11)2)21-16(22)10-13-6-8-14(9-7-13)17(18,19)20/h6-9,11-12,15H,3-5,10H2,1-2H3,(H,21,22)/t11-,12+,15+/m1/s1. The van der Waals surface area contributed by atoms with Gasteiger partial charge in [-0.05, 0) is 36.0 Å². The topological polar surface area (TPSA) is 29.1 Å². The van der Waals surface area contributed by atoms with Gasteiger partial charge in [0.2, 0.25) is 5.91 Å². The third-order valence-electron chi connectivity index (χ3n) is 4.70. The lowest BCUT2D eigenvalue weighted by molar-refractivity contribution is -0.137. The first-order chi connectivity index (χ1) is 10.3. The maximum absolute atomic E-state index is 12.5. The molecule has 0 aromatic heterocycles. The summed E-state index contributed by atoms with van der Waals surface area (Å²) < 4.78 is 37.5. The van der Waals surface area contributed by atoms with Crippen molar-refractivity contribution in [2.24, 2.45) is 11.8 Å². The Morgan fingerprint density at radius 1 is 1.18 bits per heavy atom. The lowest BCUT2D eigenvalue weighted by atomic mass is 9.78. The predicted octanol–water partition coefficient (Wildman–Crippen LogP) is 4.19. The van der Waals surface area contributed by atoms with Crippen LogP contribution in [0.15, 0.2) is 24.3 Å². The Kier molecular flexibility index (Phi) is 5.14. The molecule has 0 unspecified atom stereocenters. The molecule has 1 aromatic carbocycles. The third kappa shape index (κ3) is 4.24. The van der Waals surface area contributed by atoms with Crippen LogP contribution in [0, 0.1) is 11.8 Å². The lowest BCUT2D eigenvalue weighted by Gasteiger charge is -2.34. The molecule has 3 atom stereocenters. The van der Waals surface area contributed by atoms with Gasteiger partial charge >= 0.3 is 6.18 Å². The van der Waals surface area contributed by atoms with Crippen LogP contribution in [-0.4, -0.2) is 11.9 Å². The Bertz CT molecular complexity index is 510. The summed E-state index contributed by atoms with van der Waals surface area (Å²) in [5.41, 5.74) is -0.0894. The van der Waals surface area contributed by atoms with E-state index < -0.39 is 11.7 Å². The summed E-state index contributed by atoms with van der Waals surface area (Å²) >= 11 is 0. The number of amides is 1. The van der Waals surface area contributed by atoms with Crippen LogP contribution in [0.2, 0.25) is 0 Å². The van der Waals surface area contributed by atoms with E-state index in [1.165, 1.54) is 18.6 Å². The van der Waals surface area contributed by atoms with Gasteiger partial charge in [0.05, 0.1) is 12.0 Å². The van der Waals surface area contributed by atoms with Gasteiger partial charge in [-0.25, -0.2) is 0 Å². The molecule has 5 heteroatoms. The van der Waals surface area contributed by atoms with Crippen molar-refractivity contribution >= 4 is 5.91 Å². The summed E-state index contributed by atoms with van der Waals surface area (Å²) in [6.45, 7) is 4.34. The molecule has 0 aliphatic heterocycles. The fourth-order valence-corrected chi connectivity index (χ4v) is 3.04. The molecule has 1 aliphatic rings. The number of alkyl halides is 3. The minimum Gasteiger partial charge on any atom is -0.353 e. The van der Waals surface area contributed by atoms with Crippen molar-refractivity contribution in [1.82, 2.24) is 5.32 Å². The van der Waals surface area contributed by atoms with Crippen molar-refractivity contribution in [3.05, 3.63) is 35.4 Å². The maximum atomic E-state index is 12.5. The average Bonchev–Trinajstić information content (AvgIpc) is 2.43. The fourth-order valence-electron chi connectivity index (χ4n) is 3.04. The minimum atomic E-state index is -4.34. The van der Waals surface area contributed by atoms with Gasteiger partial charge in [0.1, 0.15) is 0 Å². The van der Waals surface area contributed by atoms with E-state index in [0.717, 1.165) is 25.0 Å². The molecule has 22 heavy (non-hydrogen) atoms. The van der Waals surface area contributed by atoms with Crippen LogP contribution in [0.4, 0.5) is 13.2 Å². The second kappa shape index (κ2) is 6.71. The highest BCUT2D eigenvalue weighted by molar-refractivity contribution is 5.78. The predicted molar refractivity (Wildman–Crippen MR) is 79.3 cm³/mol. The molecular formula is C17H22F3NO. The molecule has 1 N–H and O–H groups in total. The van der Waals surface area contributed by atoms with E-state index >= 15 is 0 Å². The molecule has 0 saturated heterocycles. The Labute approximate surface area is 129 Å². The van der Waals surface area contributed by atoms with Crippen LogP contribution in [0.25, 0.3) is 0 Å². The van der Waals surface area contributed by atoms with E-state index in [9.17, 15) is 18.0 Å². The first-order valence-electron chi connectivity index (χ1n) is 7.73. The number of halogens is 3. The molecule has 122 valence electrons. The highest BCUT2D eigenvalue weighted by Gasteiger charge is 2.30. The van der Waals surface area contributed by atoms with Gasteiger partial charge in [0, 0.05) is 6.04 Å². The number of benzene rings is 1. The van der Waals surface area contributed by atoms with E-state index in [2.05, 4.69) is 19.2 Å². The molecule has 2 rings (SSSR count). The smallest absolute Gasteiger partial charge is 0.353 e. The molecule has 1 aliphatic carbocycles. The minimum absolute atomic E-state index is 0.120. The molecule has 0 spiro atoms. The summed E-state index contributed by atoms with van der Waals surface area (Å²) in [4.78, 5) is 12.1. The van der Waals surface area contributed by atoms with Gasteiger partial charge in [0.15, 0.2) is 0 Å². The molecular weight excluding hydrogens is 291 g/mol. The molecule has 2 nitrogen and oxygen atoms in total. The number of rotatable bonds is 3. The van der Waals surface area contributed by atoms with Crippen molar-refractivity contribution in [1.29, 1.82) is 0 Å². The van der Waals surface area contributed by atoms with Crippen LogP contribution in [0.1, 0.15) is 44.2 Å². The van der Waals surface area contributed by atoms with E-state index in [1.807, 2.05) is 0 Å². The zero-order valence-corrected chi connectivity index (χ0v) is 12.9. The molecule has 0 heterocycles. The summed E-state index contributed by atoms with van der Waals surface area (Å²) in [6, 6.07) is 4.96. The first kappa shape index (κ1) is 16.8. The molecule has 1 aromatic rings. The van der Waals surface area contributed by atoms with E-state index in [1.54, 1.807) is 0 Å². The number of carbonyl (C=O) groups excluding carboxylic acids is 1. The van der Waals surface area contributed by atoms with Gasteiger partial charge in [-0.15, -0.1) is 0 Å². The van der Waals surface area contributed by atoms with Gasteiger partial charge in [0.25, 0.3) is 0 Å². The first-order valence-corrected chi connectivity index (χ1v) is 7.73. The Morgan fingerprint density at radius 2 is 1.82 bits per heavy atom. The fraction of sp³-hybridized carbons (Fsp3) is 0.588. The highest BCUT2D eigenvalue weighted by atomic mass is 19.4. The monoisotopic (exact) mass is 313 g/mol. The highest BCUT2D eigenvalue weighted by Crippen LogP contribution is 2.30. The number of hydrogen-bond acceptors (Lipinski definition) is 1. The summed E-state index contributed by atoms with van der Waals surface area (Å²) in [5, 5.41) is 3.03. The van der Waals surface area contributed by atoms with Crippen LogP contribution < -0.4 is 5.32 Å². The molecule has 0 radical (unpaired) electrons. The third-order valence-corrected chi connectivity index (χ3v) is 4.70. The average molecular weight is 313 g/mol. The van der Waals surface area contributed by atoms with E-state index in [-0.39, 0.29) is 18.4 Å². The van der Waals surface area contributed by atoms with E-state index in [0.29, 0.717) is 17.4 Å². The number of carbonyl (C=O) groups is 1. The quantitative estimate of drug-likeness (QED) is 0.891. The molecule has 1 saturated carbocycles. The Morgan fingerprint density at radius 3 is 2.41 bits per heavy atom. The summed E-state index contributed by atoms with van der Waals surface area (Å²) in [7, 11) is 0. The van der Waals surface area contributed by atoms with Crippen LogP contribution in [-0.2, 0) is 17.4 Å². The van der Waals surface area contributed by atoms with Crippen molar-refractivity contribution in [3.8, 4) is 0 Å². The SMILES string of the molecule is C[C@H]1[C@H](C)CCC[C@@H]1NC(=O)Cc1ccc(C(F)(F)F)cc1. The van der Waals surface area contributed by atoms with Crippen molar-refractivity contribution in [2.75, 3.05) is 0 Å². The van der Waals surface area contributed by atoms with Crippen LogP contribution >= 0.6 is 0 Å². The summed E-state index contributed by atoms with van der Waals surface area (Å²) in [5.74, 6) is 0.904. The molecule has 1 amide bonds. The number of nitrogens with one attached hydrogen (secondary N) is 1. The van der Waals surface area contributed by atoms with Crippen molar-refractivity contribution < 1.29 is 18.0 Å². The normalized spacial score (nSPS) is 25.8. The second-order valence-electron chi connectivity index (χ2n) is 6.31. The van der Waals surface area contributed by atoms with Crippen molar-refractivity contribution in [3.63, 3.8) is 0 Å². The molecule has 0 bridgehead atoms. The summed E-state index contributed by atoms with van der Waals surface area (Å²) in [6.07, 6.45) is -0.947. The number of hydrogen-bond donors (Lipinski definition) is 1. The van der Waals surface area contributed by atoms with Gasteiger partial charge in [-0.2, -0.15) is 13.2 Å². The Hall–Kier alpha value is -1.52. The largest absolute Gasteiger partial charge is 0.416 e. The van der Waals surface area contributed by atoms with Gasteiger partial charge < -0.3 is 5.32 Å². The van der Waals surface area contributed by atoms with Crippen LogP contribution in [0.3, 0.4) is 0 Å². The van der Waals surface area contributed by atoms with Crippen molar-refractivity contribution in [2.45, 2.75) is 51.7 Å². The van der Waals surface area contributed by atoms with Gasteiger partial charge in [-0.3, -0.25) is 4.79 Å². The lowest BCUT2D eigenvalue weighted by Crippen LogP contribution is -2.44.